The molecule has 2 aromatic rings. The summed E-state index contributed by atoms with van der Waals surface area (Å²) in [5.74, 6) is 0.612. The van der Waals surface area contributed by atoms with Gasteiger partial charge in [0.1, 0.15) is 17.6 Å². The second-order valence-electron chi connectivity index (χ2n) is 8.09. The molecule has 1 heterocycles. The first-order valence-corrected chi connectivity index (χ1v) is 10.6. The third-order valence-corrected chi connectivity index (χ3v) is 6.47. The van der Waals surface area contributed by atoms with Gasteiger partial charge in [0.25, 0.3) is 5.91 Å². The number of anilines is 2. The largest absolute Gasteiger partial charge is 0.378 e. The molecule has 1 aliphatic rings. The van der Waals surface area contributed by atoms with E-state index in [-0.39, 0.29) is 5.91 Å². The molecule has 1 unspecified atom stereocenters. The van der Waals surface area contributed by atoms with Gasteiger partial charge in [0.05, 0.1) is 12.6 Å². The molecule has 0 spiro atoms. The fourth-order valence-corrected chi connectivity index (χ4v) is 5.10. The van der Waals surface area contributed by atoms with Gasteiger partial charge < -0.3 is 15.1 Å². The van der Waals surface area contributed by atoms with Gasteiger partial charge in [0.2, 0.25) is 0 Å². The number of benzene rings is 1. The lowest BCUT2D eigenvalue weighted by Gasteiger charge is -2.17. The summed E-state index contributed by atoms with van der Waals surface area (Å²) in [6.07, 6.45) is 3.07. The van der Waals surface area contributed by atoms with E-state index in [4.69, 9.17) is 0 Å². The zero-order valence-corrected chi connectivity index (χ0v) is 17.9. The zero-order valence-electron chi connectivity index (χ0n) is 17.1. The van der Waals surface area contributed by atoms with Crippen LogP contribution in [0.5, 0.6) is 0 Å². The molecule has 1 amide bonds. The number of carbonyl (C=O) groups is 1. The van der Waals surface area contributed by atoms with Crippen molar-refractivity contribution < 1.29 is 9.69 Å². The average Bonchev–Trinajstić information content (AvgIpc) is 2.97. The van der Waals surface area contributed by atoms with Gasteiger partial charge in [-0.05, 0) is 42.9 Å². The van der Waals surface area contributed by atoms with E-state index < -0.39 is 0 Å². The van der Waals surface area contributed by atoms with Crippen molar-refractivity contribution in [2.45, 2.75) is 32.7 Å². The SMILES string of the molecule is C[C@@H]1CCc2c(sc(NC(=O)C[NH+](C)Cc3ccc(N(C)C)cc3)c2C#N)C1. The van der Waals surface area contributed by atoms with Crippen molar-refractivity contribution in [3.05, 3.63) is 45.8 Å². The maximum atomic E-state index is 12.6. The summed E-state index contributed by atoms with van der Waals surface area (Å²) in [6.45, 7) is 3.40. The fraction of sp³-hybridized carbons (Fsp3) is 0.455. The first kappa shape index (κ1) is 20.4. The van der Waals surface area contributed by atoms with Crippen LogP contribution in [0.15, 0.2) is 24.3 Å². The second kappa shape index (κ2) is 8.76. The van der Waals surface area contributed by atoms with Gasteiger partial charge in [-0.25, -0.2) is 0 Å². The number of nitrogens with one attached hydrogen (secondary N) is 2. The van der Waals surface area contributed by atoms with Gasteiger partial charge in [-0.3, -0.25) is 4.79 Å². The molecule has 0 radical (unpaired) electrons. The first-order chi connectivity index (χ1) is 13.4. The number of fused-ring (bicyclic) bond motifs is 1. The van der Waals surface area contributed by atoms with Crippen molar-refractivity contribution in [2.75, 3.05) is 37.9 Å². The van der Waals surface area contributed by atoms with Crippen LogP contribution in [-0.2, 0) is 24.2 Å². The van der Waals surface area contributed by atoms with Crippen LogP contribution in [0.2, 0.25) is 0 Å². The van der Waals surface area contributed by atoms with Gasteiger partial charge in [-0.1, -0.05) is 19.1 Å². The summed E-state index contributed by atoms with van der Waals surface area (Å²) in [7, 11) is 6.07. The maximum Gasteiger partial charge on any atom is 0.280 e. The molecule has 2 atom stereocenters. The number of likely N-dealkylation sites (N-methyl/N-ethyl adjacent to an activating group) is 1. The van der Waals surface area contributed by atoms with E-state index in [0.29, 0.717) is 18.0 Å². The summed E-state index contributed by atoms with van der Waals surface area (Å²) in [5, 5.41) is 13.3. The number of rotatable bonds is 6. The number of carbonyl (C=O) groups excluding carboxylic acids is 1. The lowest BCUT2D eigenvalue weighted by atomic mass is 9.89. The minimum Gasteiger partial charge on any atom is -0.378 e. The van der Waals surface area contributed by atoms with E-state index in [2.05, 4.69) is 47.5 Å². The summed E-state index contributed by atoms with van der Waals surface area (Å²) < 4.78 is 0. The predicted octanol–water partition coefficient (Wildman–Crippen LogP) is 2.46. The zero-order chi connectivity index (χ0) is 20.3. The lowest BCUT2D eigenvalue weighted by molar-refractivity contribution is -0.885. The molecule has 0 saturated heterocycles. The summed E-state index contributed by atoms with van der Waals surface area (Å²) in [4.78, 5) is 17.0. The molecular formula is C22H29N4OS+. The molecule has 3 rings (SSSR count). The van der Waals surface area contributed by atoms with Gasteiger partial charge in [-0.2, -0.15) is 5.26 Å². The Balaban J connectivity index is 1.60. The molecule has 0 bridgehead atoms. The van der Waals surface area contributed by atoms with Gasteiger partial charge in [0, 0.05) is 30.2 Å². The van der Waals surface area contributed by atoms with E-state index in [1.54, 1.807) is 11.3 Å². The molecule has 1 aromatic heterocycles. The van der Waals surface area contributed by atoms with E-state index in [1.165, 1.54) is 16.1 Å². The third-order valence-electron chi connectivity index (χ3n) is 5.30. The molecule has 1 aromatic carbocycles. The lowest BCUT2D eigenvalue weighted by Crippen LogP contribution is -3.08. The summed E-state index contributed by atoms with van der Waals surface area (Å²) in [5.41, 5.74) is 4.20. The monoisotopic (exact) mass is 397 g/mol. The Morgan fingerprint density at radius 3 is 2.71 bits per heavy atom. The number of quaternary nitrogens is 1. The quantitative estimate of drug-likeness (QED) is 0.787. The Morgan fingerprint density at radius 1 is 1.36 bits per heavy atom. The maximum absolute atomic E-state index is 12.6. The molecule has 28 heavy (non-hydrogen) atoms. The van der Waals surface area contributed by atoms with Crippen molar-refractivity contribution in [1.82, 2.24) is 0 Å². The van der Waals surface area contributed by atoms with Crippen molar-refractivity contribution in [3.63, 3.8) is 0 Å². The topological polar surface area (TPSA) is 60.6 Å². The summed E-state index contributed by atoms with van der Waals surface area (Å²) >= 11 is 1.59. The highest BCUT2D eigenvalue weighted by Gasteiger charge is 2.25. The van der Waals surface area contributed by atoms with E-state index >= 15 is 0 Å². The van der Waals surface area contributed by atoms with Crippen molar-refractivity contribution in [3.8, 4) is 6.07 Å². The van der Waals surface area contributed by atoms with E-state index in [1.807, 2.05) is 21.1 Å². The molecule has 0 fully saturated rings. The Bertz CT molecular complexity index is 879. The number of amides is 1. The summed E-state index contributed by atoms with van der Waals surface area (Å²) in [6, 6.07) is 10.7. The third kappa shape index (κ3) is 4.73. The minimum atomic E-state index is -0.0365. The Hall–Kier alpha value is -2.36. The predicted molar refractivity (Wildman–Crippen MR) is 115 cm³/mol. The molecule has 2 N–H and O–H groups in total. The van der Waals surface area contributed by atoms with Crippen LogP contribution >= 0.6 is 11.3 Å². The number of hydrogen-bond donors (Lipinski definition) is 2. The van der Waals surface area contributed by atoms with Crippen LogP contribution in [0.1, 0.15) is 34.9 Å². The Kier molecular flexibility index (Phi) is 6.38. The molecule has 6 heteroatoms. The highest BCUT2D eigenvalue weighted by molar-refractivity contribution is 7.16. The number of hydrogen-bond acceptors (Lipinski definition) is 4. The van der Waals surface area contributed by atoms with Gasteiger partial charge in [-0.15, -0.1) is 11.3 Å². The normalized spacial score (nSPS) is 16.8. The average molecular weight is 398 g/mol. The second-order valence-corrected chi connectivity index (χ2v) is 9.19. The fourth-order valence-electron chi connectivity index (χ4n) is 3.72. The van der Waals surface area contributed by atoms with E-state index in [9.17, 15) is 10.1 Å². The molecule has 1 aliphatic carbocycles. The van der Waals surface area contributed by atoms with Crippen molar-refractivity contribution >= 4 is 27.9 Å². The minimum absolute atomic E-state index is 0.0365. The van der Waals surface area contributed by atoms with Crippen LogP contribution in [0.3, 0.4) is 0 Å². The smallest absolute Gasteiger partial charge is 0.280 e. The van der Waals surface area contributed by atoms with Crippen molar-refractivity contribution in [2.24, 2.45) is 5.92 Å². The number of nitrogens with zero attached hydrogens (tertiary/aromatic N) is 2. The Labute approximate surface area is 171 Å². The van der Waals surface area contributed by atoms with E-state index in [0.717, 1.165) is 41.3 Å². The molecule has 0 saturated carbocycles. The highest BCUT2D eigenvalue weighted by atomic mass is 32.1. The van der Waals surface area contributed by atoms with Crippen LogP contribution in [-0.4, -0.2) is 33.6 Å². The number of thiophene rings is 1. The van der Waals surface area contributed by atoms with Crippen LogP contribution in [0.25, 0.3) is 0 Å². The molecule has 5 nitrogen and oxygen atoms in total. The standard InChI is InChI=1S/C22H28N4OS/c1-15-5-10-18-19(12-23)22(28-20(18)11-15)24-21(27)14-26(4)13-16-6-8-17(9-7-16)25(2)3/h6-9,15H,5,10-11,13-14H2,1-4H3,(H,24,27)/p+1/t15-/m1/s1. The van der Waals surface area contributed by atoms with Crippen molar-refractivity contribution in [1.29, 1.82) is 5.26 Å². The Morgan fingerprint density at radius 2 is 2.07 bits per heavy atom. The molecule has 148 valence electrons. The molecule has 0 aliphatic heterocycles. The van der Waals surface area contributed by atoms with Crippen LogP contribution in [0.4, 0.5) is 10.7 Å². The number of nitriles is 1. The first-order valence-electron chi connectivity index (χ1n) is 9.79. The molecular weight excluding hydrogens is 368 g/mol. The van der Waals surface area contributed by atoms with Gasteiger partial charge in [0.15, 0.2) is 6.54 Å². The van der Waals surface area contributed by atoms with Gasteiger partial charge >= 0.3 is 0 Å². The highest BCUT2D eigenvalue weighted by Crippen LogP contribution is 2.39. The van der Waals surface area contributed by atoms with Crippen LogP contribution < -0.4 is 15.1 Å². The van der Waals surface area contributed by atoms with Crippen LogP contribution in [0, 0.1) is 17.2 Å².